The van der Waals surface area contributed by atoms with E-state index in [0.717, 1.165) is 37.8 Å². The average molecular weight is 347 g/mol. The van der Waals surface area contributed by atoms with Gasteiger partial charge in [-0.05, 0) is 37.0 Å². The SMILES string of the molecule is [NH3+]CCCCCc1nnc(SCc2ccc(Cl)cc2Cl)o1. The molecule has 0 radical (unpaired) electrons. The van der Waals surface area contributed by atoms with Crippen molar-refractivity contribution in [1.82, 2.24) is 10.2 Å². The van der Waals surface area contributed by atoms with E-state index in [4.69, 9.17) is 27.6 Å². The number of nitrogens with zero attached hydrogens (tertiary/aromatic N) is 2. The van der Waals surface area contributed by atoms with Crippen molar-refractivity contribution in [2.24, 2.45) is 0 Å². The first-order valence-corrected chi connectivity index (χ1v) is 8.61. The molecule has 0 atom stereocenters. The highest BCUT2D eigenvalue weighted by atomic mass is 35.5. The van der Waals surface area contributed by atoms with Gasteiger partial charge in [-0.25, -0.2) is 0 Å². The molecule has 0 saturated heterocycles. The normalized spacial score (nSPS) is 11.0. The highest BCUT2D eigenvalue weighted by molar-refractivity contribution is 7.98. The minimum atomic E-state index is 0.577. The molecular formula is C14H18Cl2N3OS+. The Kier molecular flexibility index (Phi) is 6.83. The smallest absolute Gasteiger partial charge is 0.276 e. The third-order valence-corrected chi connectivity index (χ3v) is 4.41. The van der Waals surface area contributed by atoms with Crippen LogP contribution in [0, 0.1) is 0 Å². The Balaban J connectivity index is 1.82. The van der Waals surface area contributed by atoms with Crippen molar-refractivity contribution in [2.75, 3.05) is 6.54 Å². The van der Waals surface area contributed by atoms with Gasteiger partial charge in [0.15, 0.2) is 0 Å². The van der Waals surface area contributed by atoms with E-state index in [1.165, 1.54) is 11.8 Å². The van der Waals surface area contributed by atoms with Gasteiger partial charge in [0.1, 0.15) is 0 Å². The Bertz CT molecular complexity index is 577. The maximum Gasteiger partial charge on any atom is 0.276 e. The van der Waals surface area contributed by atoms with Gasteiger partial charge in [0.2, 0.25) is 5.89 Å². The molecule has 1 aromatic carbocycles. The van der Waals surface area contributed by atoms with Crippen molar-refractivity contribution < 1.29 is 10.2 Å². The van der Waals surface area contributed by atoms with E-state index in [-0.39, 0.29) is 0 Å². The Morgan fingerprint density at radius 2 is 2.00 bits per heavy atom. The summed E-state index contributed by atoms with van der Waals surface area (Å²) in [7, 11) is 0. The monoisotopic (exact) mass is 346 g/mol. The molecule has 1 heterocycles. The van der Waals surface area contributed by atoms with E-state index in [9.17, 15) is 0 Å². The van der Waals surface area contributed by atoms with Gasteiger partial charge in [0, 0.05) is 22.2 Å². The lowest BCUT2D eigenvalue weighted by Gasteiger charge is -2.02. The largest absolute Gasteiger partial charge is 0.416 e. The van der Waals surface area contributed by atoms with Gasteiger partial charge in [-0.15, -0.1) is 10.2 Å². The Morgan fingerprint density at radius 3 is 2.76 bits per heavy atom. The molecule has 0 amide bonds. The molecule has 1 aromatic heterocycles. The first-order valence-electron chi connectivity index (χ1n) is 6.87. The summed E-state index contributed by atoms with van der Waals surface area (Å²) in [6, 6.07) is 5.47. The second-order valence-corrected chi connectivity index (χ2v) is 6.42. The van der Waals surface area contributed by atoms with Crippen LogP contribution in [0.5, 0.6) is 0 Å². The molecule has 21 heavy (non-hydrogen) atoms. The minimum Gasteiger partial charge on any atom is -0.416 e. The predicted octanol–water partition coefficient (Wildman–Crippen LogP) is 3.62. The fourth-order valence-electron chi connectivity index (χ4n) is 1.81. The first-order chi connectivity index (χ1) is 10.2. The van der Waals surface area contributed by atoms with Crippen LogP contribution in [-0.4, -0.2) is 16.7 Å². The summed E-state index contributed by atoms with van der Waals surface area (Å²) in [5, 5.41) is 9.97. The first kappa shape index (κ1) is 16.6. The Labute approximate surface area is 138 Å². The van der Waals surface area contributed by atoms with Crippen LogP contribution in [-0.2, 0) is 12.2 Å². The summed E-state index contributed by atoms with van der Waals surface area (Å²) >= 11 is 13.5. The molecule has 2 aromatic rings. The minimum absolute atomic E-state index is 0.577. The number of benzene rings is 1. The van der Waals surface area contributed by atoms with Crippen LogP contribution in [0.1, 0.15) is 30.7 Å². The molecule has 0 fully saturated rings. The van der Waals surface area contributed by atoms with E-state index >= 15 is 0 Å². The van der Waals surface area contributed by atoms with Gasteiger partial charge in [-0.3, -0.25) is 0 Å². The lowest BCUT2D eigenvalue weighted by atomic mass is 10.2. The van der Waals surface area contributed by atoms with Gasteiger partial charge >= 0.3 is 0 Å². The summed E-state index contributed by atoms with van der Waals surface area (Å²) in [4.78, 5) is 0. The number of aromatic nitrogens is 2. The van der Waals surface area contributed by atoms with Crippen LogP contribution >= 0.6 is 35.0 Å². The van der Waals surface area contributed by atoms with Crippen LogP contribution in [0.3, 0.4) is 0 Å². The number of quaternary nitrogens is 1. The van der Waals surface area contributed by atoms with E-state index in [1.807, 2.05) is 12.1 Å². The average Bonchev–Trinajstić information content (AvgIpc) is 2.91. The third kappa shape index (κ3) is 5.51. The maximum atomic E-state index is 6.13. The summed E-state index contributed by atoms with van der Waals surface area (Å²) in [6.07, 6.45) is 4.18. The Hall–Kier alpha value is -0.750. The topological polar surface area (TPSA) is 66.6 Å². The Morgan fingerprint density at radius 1 is 1.14 bits per heavy atom. The number of halogens is 2. The van der Waals surface area contributed by atoms with Crippen molar-refractivity contribution in [2.45, 2.75) is 36.7 Å². The standard InChI is InChI=1S/C14H17Cl2N3OS/c15-11-6-5-10(12(16)8-11)9-21-14-19-18-13(20-14)4-2-1-3-7-17/h5-6,8H,1-4,7,9,17H2/p+1. The van der Waals surface area contributed by atoms with Crippen molar-refractivity contribution in [3.63, 3.8) is 0 Å². The van der Waals surface area contributed by atoms with Gasteiger partial charge in [0.05, 0.1) is 6.54 Å². The van der Waals surface area contributed by atoms with Crippen LogP contribution in [0.25, 0.3) is 0 Å². The summed E-state index contributed by atoms with van der Waals surface area (Å²) in [6.45, 7) is 0.979. The molecule has 4 nitrogen and oxygen atoms in total. The summed E-state index contributed by atoms with van der Waals surface area (Å²) < 4.78 is 5.61. The molecule has 0 saturated carbocycles. The van der Waals surface area contributed by atoms with Crippen molar-refractivity contribution in [1.29, 1.82) is 0 Å². The second-order valence-electron chi connectivity index (χ2n) is 4.65. The highest BCUT2D eigenvalue weighted by Crippen LogP contribution is 2.28. The molecule has 114 valence electrons. The van der Waals surface area contributed by atoms with Gasteiger partial charge < -0.3 is 10.2 Å². The molecule has 0 spiro atoms. The van der Waals surface area contributed by atoms with Crippen molar-refractivity contribution in [3.8, 4) is 0 Å². The lowest BCUT2D eigenvalue weighted by Crippen LogP contribution is -2.50. The molecule has 3 N–H and O–H groups in total. The molecule has 0 unspecified atom stereocenters. The van der Waals surface area contributed by atoms with E-state index < -0.39 is 0 Å². The number of hydrogen-bond donors (Lipinski definition) is 1. The van der Waals surface area contributed by atoms with E-state index in [2.05, 4.69) is 15.9 Å². The molecule has 7 heteroatoms. The number of aryl methyl sites for hydroxylation is 1. The maximum absolute atomic E-state index is 6.13. The second kappa shape index (κ2) is 8.63. The highest BCUT2D eigenvalue weighted by Gasteiger charge is 2.08. The molecule has 0 aliphatic heterocycles. The van der Waals surface area contributed by atoms with E-state index in [1.54, 1.807) is 6.07 Å². The van der Waals surface area contributed by atoms with Gasteiger partial charge in [0.25, 0.3) is 5.22 Å². The molecule has 0 aliphatic carbocycles. The fourth-order valence-corrected chi connectivity index (χ4v) is 3.14. The zero-order valence-electron chi connectivity index (χ0n) is 11.6. The lowest BCUT2D eigenvalue weighted by molar-refractivity contribution is -0.368. The van der Waals surface area contributed by atoms with Crippen LogP contribution < -0.4 is 5.73 Å². The van der Waals surface area contributed by atoms with Crippen molar-refractivity contribution in [3.05, 3.63) is 39.7 Å². The third-order valence-electron chi connectivity index (χ3n) is 2.96. The summed E-state index contributed by atoms with van der Waals surface area (Å²) in [5.74, 6) is 1.38. The van der Waals surface area contributed by atoms with Gasteiger partial charge in [-0.2, -0.15) is 0 Å². The molecular weight excluding hydrogens is 329 g/mol. The van der Waals surface area contributed by atoms with Crippen LogP contribution in [0.4, 0.5) is 0 Å². The molecule has 0 aliphatic rings. The van der Waals surface area contributed by atoms with Crippen molar-refractivity contribution >= 4 is 35.0 Å². The van der Waals surface area contributed by atoms with Crippen LogP contribution in [0.15, 0.2) is 27.8 Å². The number of thioether (sulfide) groups is 1. The molecule has 2 rings (SSSR count). The number of hydrogen-bond acceptors (Lipinski definition) is 4. The van der Waals surface area contributed by atoms with E-state index in [0.29, 0.717) is 26.9 Å². The number of unbranched alkanes of at least 4 members (excludes halogenated alkanes) is 2. The fraction of sp³-hybridized carbons (Fsp3) is 0.429. The zero-order valence-corrected chi connectivity index (χ0v) is 14.0. The summed E-state index contributed by atoms with van der Waals surface area (Å²) in [5.41, 5.74) is 4.83. The number of rotatable bonds is 8. The zero-order chi connectivity index (χ0) is 15.1. The van der Waals surface area contributed by atoms with Gasteiger partial charge in [-0.1, -0.05) is 41.0 Å². The quantitative estimate of drug-likeness (QED) is 0.585. The predicted molar refractivity (Wildman–Crippen MR) is 85.6 cm³/mol. The molecule has 0 bridgehead atoms. The van der Waals surface area contributed by atoms with Crippen LogP contribution in [0.2, 0.25) is 10.0 Å².